The first-order valence-electron chi connectivity index (χ1n) is 7.66. The Balaban J connectivity index is 2.00. The van der Waals surface area contributed by atoms with Gasteiger partial charge in [0.25, 0.3) is 5.91 Å². The van der Waals surface area contributed by atoms with Gasteiger partial charge >= 0.3 is 6.03 Å². The van der Waals surface area contributed by atoms with Crippen LogP contribution < -0.4 is 5.32 Å². The third-order valence-electron chi connectivity index (χ3n) is 4.29. The molecule has 2 unspecified atom stereocenters. The molecule has 0 aromatic rings. The predicted molar refractivity (Wildman–Crippen MR) is 76.3 cm³/mol. The molecule has 1 aliphatic heterocycles. The van der Waals surface area contributed by atoms with Gasteiger partial charge in [0.05, 0.1) is 6.61 Å². The molecule has 1 spiro atoms. The fourth-order valence-electron chi connectivity index (χ4n) is 3.36. The topological polar surface area (TPSA) is 58.6 Å². The third-order valence-corrected chi connectivity index (χ3v) is 4.29. The Hall–Kier alpha value is -1.10. The van der Waals surface area contributed by atoms with Crippen molar-refractivity contribution < 1.29 is 14.3 Å². The number of nitrogens with zero attached hydrogens (tertiary/aromatic N) is 1. The van der Waals surface area contributed by atoms with Crippen LogP contribution in [0, 0.1) is 11.8 Å². The van der Waals surface area contributed by atoms with Crippen molar-refractivity contribution >= 4 is 11.9 Å². The van der Waals surface area contributed by atoms with Crippen LogP contribution in [0.1, 0.15) is 46.5 Å². The summed E-state index contributed by atoms with van der Waals surface area (Å²) < 4.78 is 5.57. The summed E-state index contributed by atoms with van der Waals surface area (Å²) in [6, 6.07) is -0.253. The fourth-order valence-corrected chi connectivity index (χ4v) is 3.36. The van der Waals surface area contributed by atoms with Crippen molar-refractivity contribution in [3.63, 3.8) is 0 Å². The normalized spacial score (nSPS) is 30.4. The van der Waals surface area contributed by atoms with E-state index in [0.29, 0.717) is 31.6 Å². The number of amides is 3. The first-order chi connectivity index (χ1) is 9.45. The largest absolute Gasteiger partial charge is 0.379 e. The van der Waals surface area contributed by atoms with Crippen molar-refractivity contribution in [2.24, 2.45) is 11.8 Å². The summed E-state index contributed by atoms with van der Waals surface area (Å²) >= 11 is 0. The number of carbonyl (C=O) groups is 2. The zero-order valence-corrected chi connectivity index (χ0v) is 12.8. The molecule has 0 bridgehead atoms. The molecule has 2 atom stereocenters. The summed E-state index contributed by atoms with van der Waals surface area (Å²) in [5, 5.41) is 2.49. The number of urea groups is 1. The predicted octanol–water partition coefficient (Wildman–Crippen LogP) is 2.16. The van der Waals surface area contributed by atoms with Crippen LogP contribution in [0.25, 0.3) is 0 Å². The summed E-state index contributed by atoms with van der Waals surface area (Å²) in [6.07, 6.45) is 3.69. The van der Waals surface area contributed by atoms with E-state index in [1.165, 1.54) is 0 Å². The van der Waals surface area contributed by atoms with Crippen LogP contribution in [0.3, 0.4) is 0 Å². The second-order valence-corrected chi connectivity index (χ2v) is 6.61. The van der Waals surface area contributed by atoms with E-state index in [1.54, 1.807) is 4.90 Å². The van der Waals surface area contributed by atoms with Gasteiger partial charge in [0, 0.05) is 13.2 Å². The molecule has 3 amide bonds. The summed E-state index contributed by atoms with van der Waals surface area (Å²) in [5.41, 5.74) is -0.615. The van der Waals surface area contributed by atoms with Gasteiger partial charge in [-0.05, 0) is 24.7 Å². The first-order valence-corrected chi connectivity index (χ1v) is 7.66. The Labute approximate surface area is 121 Å². The molecule has 2 rings (SSSR count). The van der Waals surface area contributed by atoms with Crippen molar-refractivity contribution in [1.29, 1.82) is 0 Å². The van der Waals surface area contributed by atoms with Crippen molar-refractivity contribution in [1.82, 2.24) is 10.2 Å². The SMILES string of the molecule is CC(C)COCCN1C(=O)NC(=O)C12CCCC(C)C2. The van der Waals surface area contributed by atoms with E-state index in [0.717, 1.165) is 25.7 Å². The Morgan fingerprint density at radius 3 is 2.85 bits per heavy atom. The van der Waals surface area contributed by atoms with E-state index in [-0.39, 0.29) is 11.9 Å². The highest BCUT2D eigenvalue weighted by molar-refractivity contribution is 6.07. The van der Waals surface area contributed by atoms with Gasteiger partial charge < -0.3 is 9.64 Å². The number of imide groups is 1. The fraction of sp³-hybridized carbons (Fsp3) is 0.867. The zero-order valence-electron chi connectivity index (χ0n) is 12.8. The lowest BCUT2D eigenvalue weighted by atomic mass is 9.75. The maximum Gasteiger partial charge on any atom is 0.325 e. The molecule has 0 aromatic carbocycles. The molecule has 1 saturated heterocycles. The smallest absolute Gasteiger partial charge is 0.325 e. The molecule has 1 heterocycles. The van der Waals surface area contributed by atoms with E-state index in [9.17, 15) is 9.59 Å². The maximum absolute atomic E-state index is 12.2. The van der Waals surface area contributed by atoms with Crippen molar-refractivity contribution in [3.05, 3.63) is 0 Å². The molecule has 5 nitrogen and oxygen atoms in total. The van der Waals surface area contributed by atoms with Gasteiger partial charge in [-0.1, -0.05) is 33.6 Å². The summed E-state index contributed by atoms with van der Waals surface area (Å²) in [6.45, 7) is 8.02. The minimum Gasteiger partial charge on any atom is -0.379 e. The lowest BCUT2D eigenvalue weighted by Crippen LogP contribution is -2.53. The average molecular weight is 282 g/mol. The number of rotatable bonds is 5. The van der Waals surface area contributed by atoms with Crippen molar-refractivity contribution in [2.75, 3.05) is 19.8 Å². The van der Waals surface area contributed by atoms with Crippen LogP contribution in [-0.4, -0.2) is 42.1 Å². The zero-order chi connectivity index (χ0) is 14.8. The number of carbonyl (C=O) groups excluding carboxylic acids is 2. The van der Waals surface area contributed by atoms with Crippen LogP contribution in [0.5, 0.6) is 0 Å². The van der Waals surface area contributed by atoms with Gasteiger partial charge in [0.15, 0.2) is 0 Å². The highest BCUT2D eigenvalue weighted by Gasteiger charge is 2.53. The van der Waals surface area contributed by atoms with E-state index in [4.69, 9.17) is 4.74 Å². The summed E-state index contributed by atoms with van der Waals surface area (Å²) in [5.74, 6) is 0.852. The standard InChI is InChI=1S/C15H26N2O3/c1-11(2)10-20-8-7-17-14(19)16-13(18)15(17)6-4-5-12(3)9-15/h11-12H,4-10H2,1-3H3,(H,16,18,19). The Morgan fingerprint density at radius 2 is 2.20 bits per heavy atom. The van der Waals surface area contributed by atoms with Crippen molar-refractivity contribution in [2.45, 2.75) is 52.0 Å². The van der Waals surface area contributed by atoms with Gasteiger partial charge in [0.1, 0.15) is 5.54 Å². The van der Waals surface area contributed by atoms with Crippen LogP contribution in [0.15, 0.2) is 0 Å². The minimum atomic E-state index is -0.615. The molecule has 0 radical (unpaired) electrons. The second kappa shape index (κ2) is 6.12. The van der Waals surface area contributed by atoms with Gasteiger partial charge in [-0.15, -0.1) is 0 Å². The second-order valence-electron chi connectivity index (χ2n) is 6.61. The third kappa shape index (κ3) is 2.97. The highest BCUT2D eigenvalue weighted by atomic mass is 16.5. The Bertz CT molecular complexity index is 383. The van der Waals surface area contributed by atoms with Crippen molar-refractivity contribution in [3.8, 4) is 0 Å². The molecule has 2 fully saturated rings. The lowest BCUT2D eigenvalue weighted by Gasteiger charge is -2.40. The molecule has 1 N–H and O–H groups in total. The molecule has 20 heavy (non-hydrogen) atoms. The molecule has 0 aromatic heterocycles. The van der Waals surface area contributed by atoms with E-state index in [2.05, 4.69) is 26.1 Å². The highest BCUT2D eigenvalue weighted by Crippen LogP contribution is 2.39. The molecular formula is C15H26N2O3. The van der Waals surface area contributed by atoms with E-state index < -0.39 is 5.54 Å². The maximum atomic E-state index is 12.2. The monoisotopic (exact) mass is 282 g/mol. The Morgan fingerprint density at radius 1 is 1.45 bits per heavy atom. The number of hydrogen-bond donors (Lipinski definition) is 1. The van der Waals surface area contributed by atoms with Crippen LogP contribution in [0.4, 0.5) is 4.79 Å². The van der Waals surface area contributed by atoms with Gasteiger partial charge in [-0.3, -0.25) is 10.1 Å². The molecular weight excluding hydrogens is 256 g/mol. The van der Waals surface area contributed by atoms with Crippen LogP contribution >= 0.6 is 0 Å². The Kier molecular flexibility index (Phi) is 4.68. The van der Waals surface area contributed by atoms with E-state index in [1.807, 2.05) is 0 Å². The molecule has 5 heteroatoms. The summed E-state index contributed by atoms with van der Waals surface area (Å²) in [4.78, 5) is 26.0. The quantitative estimate of drug-likeness (QED) is 0.621. The lowest BCUT2D eigenvalue weighted by molar-refractivity contribution is -0.129. The first kappa shape index (κ1) is 15.3. The van der Waals surface area contributed by atoms with Crippen LogP contribution in [0.2, 0.25) is 0 Å². The summed E-state index contributed by atoms with van der Waals surface area (Å²) in [7, 11) is 0. The van der Waals surface area contributed by atoms with Crippen LogP contribution in [-0.2, 0) is 9.53 Å². The molecule has 114 valence electrons. The number of nitrogens with one attached hydrogen (secondary N) is 1. The molecule has 2 aliphatic rings. The van der Waals surface area contributed by atoms with E-state index >= 15 is 0 Å². The average Bonchev–Trinajstić information content (AvgIpc) is 2.57. The number of hydrogen-bond acceptors (Lipinski definition) is 3. The number of ether oxygens (including phenoxy) is 1. The van der Waals surface area contributed by atoms with Gasteiger partial charge in [0.2, 0.25) is 0 Å². The van der Waals surface area contributed by atoms with Gasteiger partial charge in [-0.25, -0.2) is 4.79 Å². The molecule has 1 aliphatic carbocycles. The molecule has 1 saturated carbocycles. The minimum absolute atomic E-state index is 0.113. The van der Waals surface area contributed by atoms with Gasteiger partial charge in [-0.2, -0.15) is 0 Å².